The fourth-order valence-electron chi connectivity index (χ4n) is 3.31. The Morgan fingerprint density at radius 3 is 2.25 bits per heavy atom. The number of carbonyl (C=O) groups is 1. The van der Waals surface area contributed by atoms with E-state index in [0.717, 1.165) is 10.0 Å². The Morgan fingerprint density at radius 2 is 1.56 bits per heavy atom. The molecule has 0 unspecified atom stereocenters. The van der Waals surface area contributed by atoms with Gasteiger partial charge in [0.1, 0.15) is 23.9 Å². The van der Waals surface area contributed by atoms with Crippen LogP contribution in [0.25, 0.3) is 6.08 Å². The maximum absolute atomic E-state index is 12.9. The first-order valence-corrected chi connectivity index (χ1v) is 10.6. The molecular formula is C25H21BrO6. The summed E-state index contributed by atoms with van der Waals surface area (Å²) in [4.78, 5) is 12.9. The van der Waals surface area contributed by atoms with Gasteiger partial charge in [0.2, 0.25) is 5.78 Å². The quantitative estimate of drug-likeness (QED) is 0.392. The molecule has 3 aromatic carbocycles. The molecule has 4 rings (SSSR count). The van der Waals surface area contributed by atoms with Crippen molar-refractivity contribution in [2.45, 2.75) is 6.61 Å². The lowest BCUT2D eigenvalue weighted by molar-refractivity contribution is 0.101. The van der Waals surface area contributed by atoms with E-state index in [1.54, 1.807) is 57.7 Å². The van der Waals surface area contributed by atoms with E-state index in [1.165, 1.54) is 0 Å². The van der Waals surface area contributed by atoms with E-state index in [0.29, 0.717) is 46.5 Å². The van der Waals surface area contributed by atoms with E-state index in [4.69, 9.17) is 23.7 Å². The van der Waals surface area contributed by atoms with Gasteiger partial charge < -0.3 is 23.7 Å². The predicted octanol–water partition coefficient (Wildman–Crippen LogP) is 5.67. The van der Waals surface area contributed by atoms with Gasteiger partial charge in [0.15, 0.2) is 17.3 Å². The van der Waals surface area contributed by atoms with Gasteiger partial charge in [-0.15, -0.1) is 0 Å². The van der Waals surface area contributed by atoms with Crippen LogP contribution in [0.15, 0.2) is 64.8 Å². The van der Waals surface area contributed by atoms with Gasteiger partial charge in [0.25, 0.3) is 0 Å². The monoisotopic (exact) mass is 496 g/mol. The number of halogens is 1. The van der Waals surface area contributed by atoms with Gasteiger partial charge in [-0.2, -0.15) is 0 Å². The minimum Gasteiger partial charge on any atom is -0.496 e. The number of benzene rings is 3. The van der Waals surface area contributed by atoms with E-state index < -0.39 is 0 Å². The molecule has 7 heteroatoms. The van der Waals surface area contributed by atoms with Gasteiger partial charge in [-0.25, -0.2) is 0 Å². The summed E-state index contributed by atoms with van der Waals surface area (Å²) in [6.45, 7) is 0.408. The summed E-state index contributed by atoms with van der Waals surface area (Å²) in [5.41, 5.74) is 2.14. The number of fused-ring (bicyclic) bond motifs is 1. The topological polar surface area (TPSA) is 63.2 Å². The molecule has 1 aliphatic heterocycles. The van der Waals surface area contributed by atoms with Crippen molar-refractivity contribution in [3.05, 3.63) is 81.5 Å². The number of rotatable bonds is 7. The molecule has 0 amide bonds. The Balaban J connectivity index is 1.56. The molecule has 0 bridgehead atoms. The zero-order valence-corrected chi connectivity index (χ0v) is 19.4. The van der Waals surface area contributed by atoms with Crippen molar-refractivity contribution in [1.29, 1.82) is 0 Å². The smallest absolute Gasteiger partial charge is 0.231 e. The summed E-state index contributed by atoms with van der Waals surface area (Å²) < 4.78 is 28.8. The van der Waals surface area contributed by atoms with Gasteiger partial charge in [0, 0.05) is 22.2 Å². The van der Waals surface area contributed by atoms with E-state index >= 15 is 0 Å². The maximum Gasteiger partial charge on any atom is 0.231 e. The minimum absolute atomic E-state index is 0.190. The van der Waals surface area contributed by atoms with Crippen LogP contribution in [0.2, 0.25) is 0 Å². The summed E-state index contributed by atoms with van der Waals surface area (Å²) in [7, 11) is 4.64. The highest BCUT2D eigenvalue weighted by atomic mass is 79.9. The molecule has 0 N–H and O–H groups in total. The van der Waals surface area contributed by atoms with Crippen LogP contribution in [0.3, 0.4) is 0 Å². The Kier molecular flexibility index (Phi) is 6.37. The minimum atomic E-state index is -0.212. The summed E-state index contributed by atoms with van der Waals surface area (Å²) >= 11 is 3.42. The highest BCUT2D eigenvalue weighted by molar-refractivity contribution is 9.10. The average Bonchev–Trinajstić information content (AvgIpc) is 3.12. The van der Waals surface area contributed by atoms with Crippen LogP contribution in [0.4, 0.5) is 0 Å². The van der Waals surface area contributed by atoms with Crippen LogP contribution in [0.1, 0.15) is 21.5 Å². The van der Waals surface area contributed by atoms with Crippen molar-refractivity contribution in [2.24, 2.45) is 0 Å². The molecule has 0 atom stereocenters. The molecule has 1 aliphatic rings. The first-order valence-electron chi connectivity index (χ1n) is 9.78. The van der Waals surface area contributed by atoms with Gasteiger partial charge in [-0.1, -0.05) is 28.1 Å². The average molecular weight is 497 g/mol. The van der Waals surface area contributed by atoms with Gasteiger partial charge in [-0.3, -0.25) is 4.79 Å². The van der Waals surface area contributed by atoms with Crippen LogP contribution >= 0.6 is 15.9 Å². The lowest BCUT2D eigenvalue weighted by atomic mass is 10.1. The summed E-state index contributed by atoms with van der Waals surface area (Å²) in [6.07, 6.45) is 1.63. The van der Waals surface area contributed by atoms with Crippen molar-refractivity contribution in [3.8, 4) is 28.7 Å². The number of allylic oxidation sites excluding steroid dienone is 1. The molecular weight excluding hydrogens is 476 g/mol. The first-order chi connectivity index (χ1) is 15.5. The third-order valence-electron chi connectivity index (χ3n) is 4.98. The fourth-order valence-corrected chi connectivity index (χ4v) is 3.58. The summed E-state index contributed by atoms with van der Waals surface area (Å²) in [5.74, 6) is 2.62. The molecule has 0 radical (unpaired) electrons. The predicted molar refractivity (Wildman–Crippen MR) is 124 cm³/mol. The number of methoxy groups -OCH3 is 3. The second kappa shape index (κ2) is 9.36. The Labute approximate surface area is 194 Å². The number of ketones is 1. The van der Waals surface area contributed by atoms with E-state index in [9.17, 15) is 4.79 Å². The van der Waals surface area contributed by atoms with Crippen LogP contribution in [0, 0.1) is 0 Å². The third-order valence-corrected chi connectivity index (χ3v) is 5.51. The van der Waals surface area contributed by atoms with E-state index in [-0.39, 0.29) is 11.5 Å². The van der Waals surface area contributed by atoms with Crippen molar-refractivity contribution in [3.63, 3.8) is 0 Å². The molecule has 6 nitrogen and oxygen atoms in total. The molecule has 0 saturated heterocycles. The van der Waals surface area contributed by atoms with Crippen molar-refractivity contribution < 1.29 is 28.5 Å². The molecule has 0 fully saturated rings. The highest BCUT2D eigenvalue weighted by Gasteiger charge is 2.28. The maximum atomic E-state index is 12.9. The van der Waals surface area contributed by atoms with Crippen molar-refractivity contribution in [1.82, 2.24) is 0 Å². The normalized spacial score (nSPS) is 13.5. The molecule has 1 heterocycles. The highest BCUT2D eigenvalue weighted by Crippen LogP contribution is 2.39. The van der Waals surface area contributed by atoms with Gasteiger partial charge >= 0.3 is 0 Å². The third kappa shape index (κ3) is 4.43. The molecule has 0 aromatic heterocycles. The number of hydrogen-bond donors (Lipinski definition) is 0. The molecule has 0 aliphatic carbocycles. The lowest BCUT2D eigenvalue weighted by Crippen LogP contribution is -2.00. The van der Waals surface area contributed by atoms with Crippen LogP contribution in [-0.4, -0.2) is 27.1 Å². The van der Waals surface area contributed by atoms with E-state index in [1.807, 2.05) is 24.3 Å². The Bertz CT molecular complexity index is 1180. The first kappa shape index (κ1) is 21.8. The van der Waals surface area contributed by atoms with E-state index in [2.05, 4.69) is 15.9 Å². The fraction of sp³-hybridized carbons (Fsp3) is 0.160. The Hall–Kier alpha value is -3.45. The number of hydrogen-bond acceptors (Lipinski definition) is 6. The number of carbonyl (C=O) groups excluding carboxylic acids is 1. The molecule has 0 spiro atoms. The summed E-state index contributed by atoms with van der Waals surface area (Å²) in [5, 5.41) is 0. The zero-order valence-electron chi connectivity index (χ0n) is 17.8. The Morgan fingerprint density at radius 1 is 0.875 bits per heavy atom. The van der Waals surface area contributed by atoms with Crippen LogP contribution in [0.5, 0.6) is 28.7 Å². The SMILES string of the molecule is COc1cc(OC)c(OC)cc1C=C1Oc2cc(OCc3ccc(Br)cc3)ccc2C1=O. The zero-order chi connectivity index (χ0) is 22.7. The number of ether oxygens (including phenoxy) is 5. The summed E-state index contributed by atoms with van der Waals surface area (Å²) in [6, 6.07) is 16.5. The van der Waals surface area contributed by atoms with Crippen LogP contribution < -0.4 is 23.7 Å². The second-order valence-corrected chi connectivity index (χ2v) is 7.88. The second-order valence-electron chi connectivity index (χ2n) is 6.96. The lowest BCUT2D eigenvalue weighted by Gasteiger charge is -2.12. The van der Waals surface area contributed by atoms with Crippen molar-refractivity contribution >= 4 is 27.8 Å². The largest absolute Gasteiger partial charge is 0.496 e. The molecule has 32 heavy (non-hydrogen) atoms. The van der Waals surface area contributed by atoms with Crippen molar-refractivity contribution in [2.75, 3.05) is 21.3 Å². The molecule has 0 saturated carbocycles. The van der Waals surface area contributed by atoms with Gasteiger partial charge in [0.05, 0.1) is 26.9 Å². The standard InChI is InChI=1S/C25H21BrO6/c1-28-20-13-23(30-3)22(29-2)10-16(20)11-24-25(27)19-9-8-18(12-21(19)32-24)31-14-15-4-6-17(26)7-5-15/h4-13H,14H2,1-3H3. The molecule has 164 valence electrons. The van der Waals surface area contributed by atoms with Crippen LogP contribution in [-0.2, 0) is 6.61 Å². The number of Topliss-reactive ketones (excluding diaryl/α,β-unsaturated/α-hetero) is 1. The van der Waals surface area contributed by atoms with Gasteiger partial charge in [-0.05, 0) is 42.0 Å². The molecule has 3 aromatic rings.